The Kier molecular flexibility index (Phi) is 5.60. The highest BCUT2D eigenvalue weighted by Gasteiger charge is 2.19. The van der Waals surface area contributed by atoms with Gasteiger partial charge in [-0.3, -0.25) is 4.79 Å². The lowest BCUT2D eigenvalue weighted by Gasteiger charge is -2.21. The predicted molar refractivity (Wildman–Crippen MR) is 98.0 cm³/mol. The molecule has 2 aromatic rings. The smallest absolute Gasteiger partial charge is 0.278 e. The number of hydrogen-bond acceptors (Lipinski definition) is 5. The minimum absolute atomic E-state index is 0.147. The highest BCUT2D eigenvalue weighted by Crippen LogP contribution is 2.18. The van der Waals surface area contributed by atoms with Crippen molar-refractivity contribution in [3.8, 4) is 0 Å². The zero-order chi connectivity index (χ0) is 17.6. The van der Waals surface area contributed by atoms with Crippen LogP contribution < -0.4 is 10.2 Å². The largest absolute Gasteiger partial charge is 0.376 e. The van der Waals surface area contributed by atoms with Crippen LogP contribution in [0, 0.1) is 6.92 Å². The van der Waals surface area contributed by atoms with Crippen molar-refractivity contribution in [1.82, 2.24) is 10.2 Å². The Balaban J connectivity index is 1.66. The Bertz CT molecular complexity index is 712. The average molecular weight is 340 g/mol. The van der Waals surface area contributed by atoms with Crippen LogP contribution in [0.25, 0.3) is 0 Å². The minimum atomic E-state index is -0.147. The molecule has 0 aliphatic carbocycles. The van der Waals surface area contributed by atoms with Gasteiger partial charge in [-0.2, -0.15) is 0 Å². The van der Waals surface area contributed by atoms with Crippen molar-refractivity contribution in [3.63, 3.8) is 0 Å². The molecule has 1 aromatic heterocycles. The van der Waals surface area contributed by atoms with Crippen LogP contribution in [0.3, 0.4) is 0 Å². The maximum atomic E-state index is 12.7. The van der Waals surface area contributed by atoms with Gasteiger partial charge in [-0.15, -0.1) is 10.2 Å². The molecule has 1 aliphatic heterocycles. The third-order valence-electron chi connectivity index (χ3n) is 4.29. The van der Waals surface area contributed by atoms with Crippen LogP contribution in [0.2, 0.25) is 0 Å². The predicted octanol–water partition coefficient (Wildman–Crippen LogP) is 3.04. The topological polar surface area (TPSA) is 67.4 Å². The van der Waals surface area contributed by atoms with Gasteiger partial charge in [0.25, 0.3) is 5.91 Å². The number of benzene rings is 1. The van der Waals surface area contributed by atoms with E-state index in [-0.39, 0.29) is 12.0 Å². The van der Waals surface area contributed by atoms with E-state index < -0.39 is 0 Å². The molecule has 6 heteroatoms. The van der Waals surface area contributed by atoms with E-state index in [0.29, 0.717) is 24.6 Å². The van der Waals surface area contributed by atoms with Crippen LogP contribution in [-0.4, -0.2) is 41.9 Å². The number of ether oxygens (including phenoxy) is 1. The summed E-state index contributed by atoms with van der Waals surface area (Å²) in [6.07, 6.45) is 2.41. The van der Waals surface area contributed by atoms with E-state index in [0.717, 1.165) is 30.7 Å². The maximum Gasteiger partial charge on any atom is 0.278 e. The second kappa shape index (κ2) is 8.07. The first kappa shape index (κ1) is 17.4. The molecule has 25 heavy (non-hydrogen) atoms. The summed E-state index contributed by atoms with van der Waals surface area (Å²) in [6.45, 7) is 6.08. The standard InChI is InChI=1S/C19H24N4O2/c1-3-23(15-7-4-6-14(2)12-15)19(24)17-9-10-18(22-21-17)20-13-16-8-5-11-25-16/h4,6-7,9-10,12,16H,3,5,8,11,13H2,1-2H3,(H,20,22). The summed E-state index contributed by atoms with van der Waals surface area (Å²) in [5.41, 5.74) is 2.32. The fourth-order valence-corrected chi connectivity index (χ4v) is 2.94. The van der Waals surface area contributed by atoms with E-state index in [1.54, 1.807) is 17.0 Å². The van der Waals surface area contributed by atoms with Crippen molar-refractivity contribution in [3.05, 3.63) is 47.7 Å². The zero-order valence-corrected chi connectivity index (χ0v) is 14.7. The second-order valence-corrected chi connectivity index (χ2v) is 6.21. The van der Waals surface area contributed by atoms with Crippen LogP contribution in [0.15, 0.2) is 36.4 Å². The van der Waals surface area contributed by atoms with Crippen molar-refractivity contribution in [1.29, 1.82) is 0 Å². The Labute approximate surface area is 148 Å². The van der Waals surface area contributed by atoms with Gasteiger partial charge in [0, 0.05) is 25.4 Å². The van der Waals surface area contributed by atoms with Gasteiger partial charge in [0.15, 0.2) is 5.69 Å². The SMILES string of the molecule is CCN(C(=O)c1ccc(NCC2CCCO2)nn1)c1cccc(C)c1. The molecule has 132 valence electrons. The monoisotopic (exact) mass is 340 g/mol. The second-order valence-electron chi connectivity index (χ2n) is 6.21. The van der Waals surface area contributed by atoms with Gasteiger partial charge < -0.3 is 15.0 Å². The van der Waals surface area contributed by atoms with E-state index in [2.05, 4.69) is 15.5 Å². The number of anilines is 2. The average Bonchev–Trinajstić information content (AvgIpc) is 3.15. The Hall–Kier alpha value is -2.47. The summed E-state index contributed by atoms with van der Waals surface area (Å²) >= 11 is 0. The number of aromatic nitrogens is 2. The minimum Gasteiger partial charge on any atom is -0.376 e. The van der Waals surface area contributed by atoms with E-state index in [4.69, 9.17) is 4.74 Å². The molecule has 3 rings (SSSR count). The molecule has 1 amide bonds. The summed E-state index contributed by atoms with van der Waals surface area (Å²) in [7, 11) is 0. The van der Waals surface area contributed by atoms with Crippen molar-refractivity contribution in [2.24, 2.45) is 0 Å². The van der Waals surface area contributed by atoms with E-state index in [1.807, 2.05) is 38.1 Å². The molecular weight excluding hydrogens is 316 g/mol. The van der Waals surface area contributed by atoms with Gasteiger partial charge in [0.1, 0.15) is 5.82 Å². The van der Waals surface area contributed by atoms with Gasteiger partial charge in [-0.1, -0.05) is 12.1 Å². The Morgan fingerprint density at radius 1 is 1.32 bits per heavy atom. The van der Waals surface area contributed by atoms with E-state index in [1.165, 1.54) is 0 Å². The number of amides is 1. The van der Waals surface area contributed by atoms with Gasteiger partial charge in [0.05, 0.1) is 6.10 Å². The summed E-state index contributed by atoms with van der Waals surface area (Å²) in [6, 6.07) is 11.4. The molecule has 1 atom stereocenters. The fourth-order valence-electron chi connectivity index (χ4n) is 2.94. The lowest BCUT2D eigenvalue weighted by Crippen LogP contribution is -2.31. The first-order valence-electron chi connectivity index (χ1n) is 8.75. The molecule has 1 aromatic carbocycles. The molecule has 1 N–H and O–H groups in total. The fraction of sp³-hybridized carbons (Fsp3) is 0.421. The number of nitrogens with zero attached hydrogens (tertiary/aromatic N) is 3. The quantitative estimate of drug-likeness (QED) is 0.875. The van der Waals surface area contributed by atoms with Crippen LogP contribution in [-0.2, 0) is 4.74 Å². The first-order valence-corrected chi connectivity index (χ1v) is 8.75. The number of carbonyl (C=O) groups excluding carboxylic acids is 1. The van der Waals surface area contributed by atoms with E-state index in [9.17, 15) is 4.79 Å². The molecule has 0 spiro atoms. The molecule has 0 bridgehead atoms. The summed E-state index contributed by atoms with van der Waals surface area (Å²) in [5.74, 6) is 0.511. The Morgan fingerprint density at radius 2 is 2.20 bits per heavy atom. The molecular formula is C19H24N4O2. The van der Waals surface area contributed by atoms with Crippen LogP contribution in [0.1, 0.15) is 35.8 Å². The molecule has 1 fully saturated rings. The zero-order valence-electron chi connectivity index (χ0n) is 14.7. The summed E-state index contributed by atoms with van der Waals surface area (Å²) < 4.78 is 5.57. The molecule has 6 nitrogen and oxygen atoms in total. The Morgan fingerprint density at radius 3 is 2.84 bits per heavy atom. The third kappa shape index (κ3) is 4.33. The molecule has 1 aliphatic rings. The molecule has 0 radical (unpaired) electrons. The molecule has 2 heterocycles. The number of carbonyl (C=O) groups is 1. The van der Waals surface area contributed by atoms with Gasteiger partial charge in [-0.25, -0.2) is 0 Å². The molecule has 1 saturated heterocycles. The lowest BCUT2D eigenvalue weighted by molar-refractivity contribution is 0.0982. The van der Waals surface area contributed by atoms with Crippen LogP contribution >= 0.6 is 0 Å². The number of hydrogen-bond donors (Lipinski definition) is 1. The highest BCUT2D eigenvalue weighted by molar-refractivity contribution is 6.04. The lowest BCUT2D eigenvalue weighted by atomic mass is 10.2. The maximum absolute atomic E-state index is 12.7. The number of aryl methyl sites for hydroxylation is 1. The highest BCUT2D eigenvalue weighted by atomic mass is 16.5. The number of nitrogens with one attached hydrogen (secondary N) is 1. The van der Waals surface area contributed by atoms with Crippen molar-refractivity contribution in [2.75, 3.05) is 29.9 Å². The molecule has 1 unspecified atom stereocenters. The summed E-state index contributed by atoms with van der Waals surface area (Å²) in [4.78, 5) is 14.5. The number of rotatable bonds is 6. The van der Waals surface area contributed by atoms with Crippen molar-refractivity contribution < 1.29 is 9.53 Å². The van der Waals surface area contributed by atoms with Crippen molar-refractivity contribution in [2.45, 2.75) is 32.8 Å². The third-order valence-corrected chi connectivity index (χ3v) is 4.29. The van der Waals surface area contributed by atoms with Crippen molar-refractivity contribution >= 4 is 17.4 Å². The van der Waals surface area contributed by atoms with Gasteiger partial charge in [0.2, 0.25) is 0 Å². The van der Waals surface area contributed by atoms with Crippen LogP contribution in [0.5, 0.6) is 0 Å². The first-order chi connectivity index (χ1) is 12.2. The molecule has 0 saturated carbocycles. The van der Waals surface area contributed by atoms with Gasteiger partial charge >= 0.3 is 0 Å². The van der Waals surface area contributed by atoms with Crippen LogP contribution in [0.4, 0.5) is 11.5 Å². The van der Waals surface area contributed by atoms with Gasteiger partial charge in [-0.05, 0) is 56.5 Å². The van der Waals surface area contributed by atoms with E-state index >= 15 is 0 Å². The normalized spacial score (nSPS) is 16.6. The summed E-state index contributed by atoms with van der Waals surface area (Å²) in [5, 5.41) is 11.4.